The number of aryl methyl sites for hydroxylation is 3. The summed E-state index contributed by atoms with van der Waals surface area (Å²) in [5.74, 6) is 1.40. The molecule has 1 radical (unpaired) electrons. The Morgan fingerprint density at radius 2 is 1.63 bits per heavy atom. The van der Waals surface area contributed by atoms with Crippen LogP contribution in [0.1, 0.15) is 22.3 Å². The lowest BCUT2D eigenvalue weighted by Crippen LogP contribution is -1.94. The largest absolute Gasteiger partial charge is 0.456 e. The van der Waals surface area contributed by atoms with Gasteiger partial charge in [-0.3, -0.25) is 5.11 Å². The molecule has 2 aromatic rings. The molecule has 99 valence electrons. The highest BCUT2D eigenvalue weighted by Crippen LogP contribution is 2.37. The van der Waals surface area contributed by atoms with Crippen molar-refractivity contribution in [3.63, 3.8) is 0 Å². The lowest BCUT2D eigenvalue weighted by Gasteiger charge is -2.15. The van der Waals surface area contributed by atoms with Crippen molar-refractivity contribution >= 4 is 11.6 Å². The van der Waals surface area contributed by atoms with E-state index in [0.29, 0.717) is 16.3 Å². The minimum atomic E-state index is 0.0345. The Kier molecular flexibility index (Phi) is 3.72. The molecule has 0 N–H and O–H groups in total. The van der Waals surface area contributed by atoms with Gasteiger partial charge in [-0.25, -0.2) is 0 Å². The first-order chi connectivity index (χ1) is 8.90. The lowest BCUT2D eigenvalue weighted by atomic mass is 10.0. The summed E-state index contributed by atoms with van der Waals surface area (Å²) >= 11 is 5.92. The standard InChI is InChI=1S/C16H16ClO2/c1-9-8-13(17)5-6-14(9)19-16-11(3)7-10(2)15(18)12(16)4/h5-8H,1-4H3. The predicted octanol–water partition coefficient (Wildman–Crippen LogP) is 5.51. The summed E-state index contributed by atoms with van der Waals surface area (Å²) in [5, 5.41) is 12.6. The molecule has 3 heteroatoms. The first-order valence-corrected chi connectivity index (χ1v) is 6.49. The van der Waals surface area contributed by atoms with Gasteiger partial charge < -0.3 is 4.74 Å². The summed E-state index contributed by atoms with van der Waals surface area (Å²) in [5.41, 5.74) is 3.30. The number of rotatable bonds is 2. The fraction of sp³-hybridized carbons (Fsp3) is 0.250. The Hall–Kier alpha value is -1.67. The second kappa shape index (κ2) is 5.14. The van der Waals surface area contributed by atoms with Gasteiger partial charge >= 0.3 is 0 Å². The molecule has 0 amide bonds. The maximum absolute atomic E-state index is 12.0. The Morgan fingerprint density at radius 1 is 0.947 bits per heavy atom. The van der Waals surface area contributed by atoms with Gasteiger partial charge in [0.25, 0.3) is 0 Å². The van der Waals surface area contributed by atoms with E-state index in [9.17, 15) is 5.11 Å². The average Bonchev–Trinajstić information content (AvgIpc) is 2.34. The summed E-state index contributed by atoms with van der Waals surface area (Å²) in [6.07, 6.45) is 0. The number of halogens is 1. The topological polar surface area (TPSA) is 29.1 Å². The summed E-state index contributed by atoms with van der Waals surface area (Å²) in [7, 11) is 0. The van der Waals surface area contributed by atoms with Gasteiger partial charge in [0.05, 0.1) is 0 Å². The van der Waals surface area contributed by atoms with Gasteiger partial charge in [-0.1, -0.05) is 11.6 Å². The summed E-state index contributed by atoms with van der Waals surface area (Å²) < 4.78 is 5.90. The van der Waals surface area contributed by atoms with Crippen LogP contribution in [0.4, 0.5) is 0 Å². The third-order valence-electron chi connectivity index (χ3n) is 3.18. The molecule has 19 heavy (non-hydrogen) atoms. The van der Waals surface area contributed by atoms with E-state index in [0.717, 1.165) is 22.4 Å². The fourth-order valence-corrected chi connectivity index (χ4v) is 2.37. The molecule has 2 nitrogen and oxygen atoms in total. The minimum absolute atomic E-state index is 0.0345. The molecule has 0 heterocycles. The van der Waals surface area contributed by atoms with Gasteiger partial charge in [-0.2, -0.15) is 0 Å². The van der Waals surface area contributed by atoms with Crippen LogP contribution in [0, 0.1) is 27.7 Å². The van der Waals surface area contributed by atoms with Crippen LogP contribution >= 0.6 is 11.6 Å². The highest BCUT2D eigenvalue weighted by Gasteiger charge is 2.14. The molecule has 2 aromatic carbocycles. The summed E-state index contributed by atoms with van der Waals surface area (Å²) in [6.45, 7) is 7.49. The van der Waals surface area contributed by atoms with Crippen molar-refractivity contribution in [2.75, 3.05) is 0 Å². The molecule has 0 saturated heterocycles. The second-order valence-corrected chi connectivity index (χ2v) is 5.24. The smallest absolute Gasteiger partial charge is 0.188 e. The molecule has 0 spiro atoms. The van der Waals surface area contributed by atoms with E-state index in [2.05, 4.69) is 0 Å². The van der Waals surface area contributed by atoms with Crippen molar-refractivity contribution in [2.45, 2.75) is 27.7 Å². The van der Waals surface area contributed by atoms with Gasteiger partial charge in [-0.15, -0.1) is 0 Å². The molecule has 0 aliphatic carbocycles. The Labute approximate surface area is 118 Å². The van der Waals surface area contributed by atoms with Crippen molar-refractivity contribution in [3.8, 4) is 17.2 Å². The molecule has 0 atom stereocenters. The van der Waals surface area contributed by atoms with Crippen LogP contribution < -0.4 is 4.74 Å². The molecule has 0 saturated carbocycles. The van der Waals surface area contributed by atoms with E-state index in [1.54, 1.807) is 13.0 Å². The number of hydrogen-bond acceptors (Lipinski definition) is 1. The van der Waals surface area contributed by atoms with Crippen molar-refractivity contribution < 1.29 is 9.84 Å². The molecule has 2 rings (SSSR count). The fourth-order valence-electron chi connectivity index (χ4n) is 2.14. The third-order valence-corrected chi connectivity index (χ3v) is 3.41. The van der Waals surface area contributed by atoms with Crippen LogP contribution in [-0.2, 0) is 5.11 Å². The molecule has 0 fully saturated rings. The number of ether oxygens (including phenoxy) is 1. The highest BCUT2D eigenvalue weighted by molar-refractivity contribution is 6.30. The van der Waals surface area contributed by atoms with E-state index < -0.39 is 0 Å². The monoisotopic (exact) mass is 275 g/mol. The van der Waals surface area contributed by atoms with Gasteiger partial charge in [0.15, 0.2) is 5.75 Å². The lowest BCUT2D eigenvalue weighted by molar-refractivity contribution is 0.344. The maximum Gasteiger partial charge on any atom is 0.188 e. The molecule has 0 aliphatic heterocycles. The molecular weight excluding hydrogens is 260 g/mol. The first-order valence-electron chi connectivity index (χ1n) is 6.12. The van der Waals surface area contributed by atoms with Crippen molar-refractivity contribution in [2.24, 2.45) is 0 Å². The Bertz CT molecular complexity index is 633. The normalized spacial score (nSPS) is 10.6. The number of hydrogen-bond donors (Lipinski definition) is 0. The zero-order valence-electron chi connectivity index (χ0n) is 11.5. The number of benzene rings is 2. The van der Waals surface area contributed by atoms with Crippen LogP contribution in [0.3, 0.4) is 0 Å². The van der Waals surface area contributed by atoms with Crippen molar-refractivity contribution in [1.82, 2.24) is 0 Å². The zero-order chi connectivity index (χ0) is 14.2. The summed E-state index contributed by atoms with van der Waals surface area (Å²) in [4.78, 5) is 0. The maximum atomic E-state index is 12.0. The van der Waals surface area contributed by atoms with E-state index in [4.69, 9.17) is 16.3 Å². The van der Waals surface area contributed by atoms with E-state index in [-0.39, 0.29) is 5.75 Å². The van der Waals surface area contributed by atoms with Crippen LogP contribution in [0.15, 0.2) is 24.3 Å². The zero-order valence-corrected chi connectivity index (χ0v) is 12.3. The van der Waals surface area contributed by atoms with Crippen molar-refractivity contribution in [1.29, 1.82) is 0 Å². The van der Waals surface area contributed by atoms with E-state index >= 15 is 0 Å². The molecule has 0 unspecified atom stereocenters. The minimum Gasteiger partial charge on any atom is -0.456 e. The first kappa shape index (κ1) is 13.8. The molecular formula is C16H16ClO2. The highest BCUT2D eigenvalue weighted by atomic mass is 35.5. The van der Waals surface area contributed by atoms with E-state index in [1.807, 2.05) is 39.0 Å². The summed E-state index contributed by atoms with van der Waals surface area (Å²) in [6, 6.07) is 7.30. The van der Waals surface area contributed by atoms with Gasteiger partial charge in [-0.05, 0) is 68.7 Å². The predicted molar refractivity (Wildman–Crippen MR) is 77.0 cm³/mol. The molecule has 0 aromatic heterocycles. The van der Waals surface area contributed by atoms with Gasteiger partial charge in [0.2, 0.25) is 0 Å². The molecule has 0 bridgehead atoms. The Balaban J connectivity index is 2.47. The van der Waals surface area contributed by atoms with Crippen LogP contribution in [0.25, 0.3) is 0 Å². The average molecular weight is 276 g/mol. The Morgan fingerprint density at radius 3 is 2.26 bits per heavy atom. The second-order valence-electron chi connectivity index (χ2n) is 4.81. The SMILES string of the molecule is Cc1cc(Cl)ccc1Oc1c(C)cc(C)c([O])c1C. The third kappa shape index (κ3) is 2.69. The van der Waals surface area contributed by atoms with E-state index in [1.165, 1.54) is 0 Å². The van der Waals surface area contributed by atoms with Crippen LogP contribution in [0.2, 0.25) is 5.02 Å². The van der Waals surface area contributed by atoms with Gasteiger partial charge in [0, 0.05) is 10.6 Å². The quantitative estimate of drug-likeness (QED) is 0.710. The van der Waals surface area contributed by atoms with Crippen LogP contribution in [0.5, 0.6) is 17.2 Å². The van der Waals surface area contributed by atoms with Gasteiger partial charge in [0.1, 0.15) is 11.5 Å². The van der Waals surface area contributed by atoms with Crippen LogP contribution in [-0.4, -0.2) is 0 Å². The molecule has 0 aliphatic rings. The van der Waals surface area contributed by atoms with Crippen molar-refractivity contribution in [3.05, 3.63) is 51.5 Å².